The standard InChI is InChI=1S/C18H33N7O7S/c19-6-2-1-3-10(18(31)32)23-16(29)11(7-14(22)27)24-17(30)12(8-33)25-15(28)9(20)4-5-13(21)26/h9-12,33H,1-8,19-20H2,(H2,21,26)(H2,22,27)(H,23,29)(H,24,30)(H,25,28)(H,31,32). The Hall–Kier alpha value is -2.91. The van der Waals surface area contributed by atoms with Gasteiger partial charge in [0.2, 0.25) is 29.5 Å². The molecule has 12 N–H and O–H groups in total. The minimum Gasteiger partial charge on any atom is -0.480 e. The van der Waals surface area contributed by atoms with Crippen molar-refractivity contribution in [3.63, 3.8) is 0 Å². The van der Waals surface area contributed by atoms with Gasteiger partial charge < -0.3 is 44.0 Å². The Labute approximate surface area is 196 Å². The summed E-state index contributed by atoms with van der Waals surface area (Å²) in [4.78, 5) is 70.9. The third-order valence-corrected chi connectivity index (χ3v) is 4.82. The predicted octanol–water partition coefficient (Wildman–Crippen LogP) is -3.95. The van der Waals surface area contributed by atoms with E-state index in [1.165, 1.54) is 0 Å². The quantitative estimate of drug-likeness (QED) is 0.0708. The summed E-state index contributed by atoms with van der Waals surface area (Å²) >= 11 is 3.99. The third-order valence-electron chi connectivity index (χ3n) is 4.45. The number of unbranched alkanes of at least 4 members (excludes halogenated alkanes) is 1. The van der Waals surface area contributed by atoms with Crippen LogP contribution in [-0.4, -0.2) is 77.1 Å². The van der Waals surface area contributed by atoms with Crippen molar-refractivity contribution < 1.29 is 33.9 Å². The SMILES string of the molecule is NCCCCC(NC(=O)C(CC(N)=O)NC(=O)C(CS)NC(=O)C(N)CCC(N)=O)C(=O)O. The second kappa shape index (κ2) is 15.8. The number of amides is 5. The fourth-order valence-corrected chi connectivity index (χ4v) is 2.86. The molecule has 0 aliphatic heterocycles. The second-order valence-electron chi connectivity index (χ2n) is 7.27. The Bertz CT molecular complexity index is 722. The number of carboxylic acid groups (broad SMARTS) is 1. The molecule has 0 aromatic heterocycles. The van der Waals surface area contributed by atoms with Crippen molar-refractivity contribution in [2.45, 2.75) is 62.7 Å². The Balaban J connectivity index is 5.20. The lowest BCUT2D eigenvalue weighted by molar-refractivity contribution is -0.142. The van der Waals surface area contributed by atoms with Crippen molar-refractivity contribution in [2.24, 2.45) is 22.9 Å². The summed E-state index contributed by atoms with van der Waals surface area (Å²) < 4.78 is 0. The number of thiol groups is 1. The number of carboxylic acids is 1. The normalized spacial score (nSPS) is 14.3. The minimum atomic E-state index is -1.49. The molecule has 0 spiro atoms. The van der Waals surface area contributed by atoms with E-state index >= 15 is 0 Å². The summed E-state index contributed by atoms with van der Waals surface area (Å²) in [5.74, 6) is -5.64. The van der Waals surface area contributed by atoms with Gasteiger partial charge in [0.05, 0.1) is 12.5 Å². The van der Waals surface area contributed by atoms with Crippen molar-refractivity contribution in [3.05, 3.63) is 0 Å². The molecule has 15 heteroatoms. The Morgan fingerprint density at radius 3 is 1.82 bits per heavy atom. The van der Waals surface area contributed by atoms with Crippen LogP contribution in [-0.2, 0) is 28.8 Å². The number of primary amides is 2. The smallest absolute Gasteiger partial charge is 0.326 e. The molecule has 0 rings (SSSR count). The van der Waals surface area contributed by atoms with Crippen LogP contribution in [0.4, 0.5) is 0 Å². The summed E-state index contributed by atoms with van der Waals surface area (Å²) in [6.07, 6.45) is 0.279. The molecule has 0 radical (unpaired) electrons. The number of hydrogen-bond acceptors (Lipinski definition) is 9. The van der Waals surface area contributed by atoms with Crippen LogP contribution in [0.2, 0.25) is 0 Å². The van der Waals surface area contributed by atoms with E-state index in [1.54, 1.807) is 0 Å². The number of aliphatic carboxylic acids is 1. The van der Waals surface area contributed by atoms with Gasteiger partial charge in [-0.1, -0.05) is 0 Å². The van der Waals surface area contributed by atoms with Gasteiger partial charge in [-0.05, 0) is 32.2 Å². The number of nitrogens with one attached hydrogen (secondary N) is 3. The molecule has 0 saturated carbocycles. The van der Waals surface area contributed by atoms with Gasteiger partial charge in [0.15, 0.2) is 0 Å². The molecule has 0 aromatic carbocycles. The summed E-state index contributed by atoms with van der Waals surface area (Å²) in [5, 5.41) is 16.1. The maximum atomic E-state index is 12.6. The van der Waals surface area contributed by atoms with Crippen LogP contribution in [0.15, 0.2) is 0 Å². The van der Waals surface area contributed by atoms with Crippen LogP contribution < -0.4 is 38.9 Å². The molecule has 0 bridgehead atoms. The zero-order chi connectivity index (χ0) is 25.6. The van der Waals surface area contributed by atoms with Gasteiger partial charge in [-0.15, -0.1) is 0 Å². The molecule has 33 heavy (non-hydrogen) atoms. The molecule has 0 aliphatic rings. The van der Waals surface area contributed by atoms with Crippen LogP contribution in [0.1, 0.15) is 38.5 Å². The van der Waals surface area contributed by atoms with E-state index in [9.17, 15) is 33.9 Å². The Morgan fingerprint density at radius 1 is 0.788 bits per heavy atom. The first-order chi connectivity index (χ1) is 15.4. The van der Waals surface area contributed by atoms with Crippen LogP contribution in [0.5, 0.6) is 0 Å². The molecular formula is C18H33N7O7S. The van der Waals surface area contributed by atoms with Gasteiger partial charge >= 0.3 is 5.97 Å². The van der Waals surface area contributed by atoms with Gasteiger partial charge in [-0.3, -0.25) is 24.0 Å². The van der Waals surface area contributed by atoms with Crippen molar-refractivity contribution in [1.29, 1.82) is 0 Å². The third kappa shape index (κ3) is 12.6. The van der Waals surface area contributed by atoms with E-state index in [4.69, 9.17) is 22.9 Å². The highest BCUT2D eigenvalue weighted by Crippen LogP contribution is 2.04. The van der Waals surface area contributed by atoms with Crippen LogP contribution >= 0.6 is 12.6 Å². The Kier molecular flexibility index (Phi) is 14.4. The molecule has 4 unspecified atom stereocenters. The summed E-state index contributed by atoms with van der Waals surface area (Å²) in [7, 11) is 0. The van der Waals surface area contributed by atoms with Crippen LogP contribution in [0.25, 0.3) is 0 Å². The van der Waals surface area contributed by atoms with E-state index in [2.05, 4.69) is 28.6 Å². The lowest BCUT2D eigenvalue weighted by Crippen LogP contribution is -2.58. The topological polar surface area (TPSA) is 263 Å². The number of nitrogens with two attached hydrogens (primary N) is 4. The van der Waals surface area contributed by atoms with Gasteiger partial charge in [0, 0.05) is 12.2 Å². The van der Waals surface area contributed by atoms with Gasteiger partial charge in [0.1, 0.15) is 18.1 Å². The van der Waals surface area contributed by atoms with E-state index in [0.29, 0.717) is 19.4 Å². The molecule has 4 atom stereocenters. The van der Waals surface area contributed by atoms with E-state index in [1.807, 2.05) is 0 Å². The maximum Gasteiger partial charge on any atom is 0.326 e. The van der Waals surface area contributed by atoms with Gasteiger partial charge in [-0.25, -0.2) is 4.79 Å². The minimum absolute atomic E-state index is 0.0461. The first-order valence-corrected chi connectivity index (χ1v) is 10.8. The van der Waals surface area contributed by atoms with Crippen molar-refractivity contribution in [1.82, 2.24) is 16.0 Å². The Morgan fingerprint density at radius 2 is 1.33 bits per heavy atom. The number of carbonyl (C=O) groups excluding carboxylic acids is 5. The van der Waals surface area contributed by atoms with E-state index in [0.717, 1.165) is 0 Å². The van der Waals surface area contributed by atoms with Gasteiger partial charge in [0.25, 0.3) is 0 Å². The summed E-state index contributed by atoms with van der Waals surface area (Å²) in [6, 6.07) is -5.13. The highest BCUT2D eigenvalue weighted by molar-refractivity contribution is 7.80. The van der Waals surface area contributed by atoms with E-state index < -0.39 is 66.1 Å². The van der Waals surface area contributed by atoms with Crippen LogP contribution in [0.3, 0.4) is 0 Å². The monoisotopic (exact) mass is 491 g/mol. The van der Waals surface area contributed by atoms with Crippen molar-refractivity contribution in [2.75, 3.05) is 12.3 Å². The summed E-state index contributed by atoms with van der Waals surface area (Å²) in [5.41, 5.74) is 21.2. The number of rotatable bonds is 17. The molecule has 188 valence electrons. The average Bonchev–Trinajstić information content (AvgIpc) is 2.73. The molecular weight excluding hydrogens is 458 g/mol. The first-order valence-electron chi connectivity index (χ1n) is 10.2. The predicted molar refractivity (Wildman–Crippen MR) is 120 cm³/mol. The van der Waals surface area contributed by atoms with Crippen molar-refractivity contribution in [3.8, 4) is 0 Å². The molecule has 0 aromatic rings. The maximum absolute atomic E-state index is 12.6. The molecule has 0 heterocycles. The molecule has 0 fully saturated rings. The zero-order valence-electron chi connectivity index (χ0n) is 18.1. The average molecular weight is 492 g/mol. The number of hydrogen-bond donors (Lipinski definition) is 9. The fourth-order valence-electron chi connectivity index (χ4n) is 2.61. The van der Waals surface area contributed by atoms with E-state index in [-0.39, 0.29) is 25.0 Å². The molecule has 0 aliphatic carbocycles. The lowest BCUT2D eigenvalue weighted by atomic mass is 10.1. The largest absolute Gasteiger partial charge is 0.480 e. The fraction of sp³-hybridized carbons (Fsp3) is 0.667. The first kappa shape index (κ1) is 30.1. The highest BCUT2D eigenvalue weighted by atomic mass is 32.1. The molecule has 14 nitrogen and oxygen atoms in total. The second-order valence-corrected chi connectivity index (χ2v) is 7.64. The highest BCUT2D eigenvalue weighted by Gasteiger charge is 2.30. The lowest BCUT2D eigenvalue weighted by Gasteiger charge is -2.24. The molecule has 0 saturated heterocycles. The zero-order valence-corrected chi connectivity index (χ0v) is 19.0. The van der Waals surface area contributed by atoms with Crippen LogP contribution in [0, 0.1) is 0 Å². The van der Waals surface area contributed by atoms with Gasteiger partial charge in [-0.2, -0.15) is 12.6 Å². The van der Waals surface area contributed by atoms with Crippen molar-refractivity contribution >= 4 is 48.1 Å². The summed E-state index contributed by atoms with van der Waals surface area (Å²) in [6.45, 7) is 0.351. The number of carbonyl (C=O) groups is 6. The molecule has 5 amide bonds.